The van der Waals surface area contributed by atoms with Gasteiger partial charge in [-0.05, 0) is 56.7 Å². The number of anilines is 1. The number of carbonyl (C=O) groups is 2. The van der Waals surface area contributed by atoms with E-state index in [1.807, 2.05) is 39.0 Å². The minimum atomic E-state index is -0.573. The Bertz CT molecular complexity index is 788. The lowest BCUT2D eigenvalue weighted by atomic mass is 10.2. The standard InChI is InChI=1S/C18H24N4O5/c1-11(2)26-15-7-5-13(9-12(15)3)20-22-21-18(24)19-10-14-6-8-16(27-14)17(23)25-4/h5-9,11,20,22H,10H2,1-4H3,(H2,19,21,24). The van der Waals surface area contributed by atoms with Crippen LogP contribution in [0.3, 0.4) is 0 Å². The van der Waals surface area contributed by atoms with Crippen molar-refractivity contribution in [3.63, 3.8) is 0 Å². The van der Waals surface area contributed by atoms with Crippen molar-refractivity contribution in [2.75, 3.05) is 12.5 Å². The Morgan fingerprint density at radius 1 is 1.19 bits per heavy atom. The molecule has 9 heteroatoms. The Hall–Kier alpha value is -3.20. The van der Waals surface area contributed by atoms with Gasteiger partial charge < -0.3 is 24.6 Å². The molecule has 0 bridgehead atoms. The monoisotopic (exact) mass is 376 g/mol. The lowest BCUT2D eigenvalue weighted by Gasteiger charge is -2.15. The van der Waals surface area contributed by atoms with E-state index in [9.17, 15) is 9.59 Å². The van der Waals surface area contributed by atoms with Crippen molar-refractivity contribution < 1.29 is 23.5 Å². The molecule has 27 heavy (non-hydrogen) atoms. The smallest absolute Gasteiger partial charge is 0.373 e. The predicted octanol–water partition coefficient (Wildman–Crippen LogP) is 2.49. The van der Waals surface area contributed by atoms with Gasteiger partial charge in [0.25, 0.3) is 0 Å². The van der Waals surface area contributed by atoms with E-state index in [2.05, 4.69) is 26.4 Å². The van der Waals surface area contributed by atoms with Crippen molar-refractivity contribution in [3.05, 3.63) is 47.4 Å². The molecule has 0 unspecified atom stereocenters. The molecule has 2 aromatic rings. The van der Waals surface area contributed by atoms with E-state index in [1.54, 1.807) is 6.07 Å². The highest BCUT2D eigenvalue weighted by Crippen LogP contribution is 2.22. The summed E-state index contributed by atoms with van der Waals surface area (Å²) in [5, 5.41) is 2.58. The Labute approximate surface area is 157 Å². The molecule has 0 fully saturated rings. The molecule has 0 spiro atoms. The molecular weight excluding hydrogens is 352 g/mol. The number of aryl methyl sites for hydroxylation is 1. The average molecular weight is 376 g/mol. The summed E-state index contributed by atoms with van der Waals surface area (Å²) in [6.07, 6.45) is 0.101. The fraction of sp³-hybridized carbons (Fsp3) is 0.333. The molecule has 0 aliphatic rings. The van der Waals surface area contributed by atoms with Crippen molar-refractivity contribution in [2.45, 2.75) is 33.4 Å². The van der Waals surface area contributed by atoms with Crippen LogP contribution in [0.1, 0.15) is 35.7 Å². The molecule has 1 heterocycles. The second-order valence-electron chi connectivity index (χ2n) is 5.96. The van der Waals surface area contributed by atoms with Crippen LogP contribution in [-0.2, 0) is 11.3 Å². The van der Waals surface area contributed by atoms with E-state index in [-0.39, 0.29) is 18.4 Å². The maximum atomic E-state index is 11.8. The summed E-state index contributed by atoms with van der Waals surface area (Å²) in [6, 6.07) is 8.16. The fourth-order valence-electron chi connectivity index (χ4n) is 2.17. The predicted molar refractivity (Wildman–Crippen MR) is 99.1 cm³/mol. The van der Waals surface area contributed by atoms with E-state index < -0.39 is 12.0 Å². The molecule has 2 amide bonds. The fourth-order valence-corrected chi connectivity index (χ4v) is 2.17. The number of rotatable bonds is 8. The van der Waals surface area contributed by atoms with Crippen LogP contribution >= 0.6 is 0 Å². The van der Waals surface area contributed by atoms with Crippen LogP contribution in [-0.4, -0.2) is 25.2 Å². The normalized spacial score (nSPS) is 10.4. The minimum Gasteiger partial charge on any atom is -0.491 e. The lowest BCUT2D eigenvalue weighted by Crippen LogP contribution is -2.46. The highest BCUT2D eigenvalue weighted by molar-refractivity contribution is 5.86. The lowest BCUT2D eigenvalue weighted by molar-refractivity contribution is 0.0563. The summed E-state index contributed by atoms with van der Waals surface area (Å²) >= 11 is 0. The van der Waals surface area contributed by atoms with Crippen molar-refractivity contribution in [3.8, 4) is 5.75 Å². The summed E-state index contributed by atoms with van der Waals surface area (Å²) in [7, 11) is 1.27. The van der Waals surface area contributed by atoms with Crippen LogP contribution in [0.4, 0.5) is 10.5 Å². The van der Waals surface area contributed by atoms with Crippen LogP contribution in [0.25, 0.3) is 0 Å². The maximum Gasteiger partial charge on any atom is 0.373 e. The molecule has 0 atom stereocenters. The third-order valence-corrected chi connectivity index (χ3v) is 3.39. The number of carbonyl (C=O) groups excluding carboxylic acids is 2. The number of hydrogen-bond donors (Lipinski definition) is 4. The second kappa shape index (κ2) is 9.48. The number of urea groups is 1. The minimum absolute atomic E-state index is 0.0785. The van der Waals surface area contributed by atoms with Gasteiger partial charge in [-0.1, -0.05) is 0 Å². The first-order chi connectivity index (χ1) is 12.9. The largest absolute Gasteiger partial charge is 0.491 e. The highest BCUT2D eigenvalue weighted by Gasteiger charge is 2.11. The Morgan fingerprint density at radius 3 is 2.63 bits per heavy atom. The average Bonchev–Trinajstić information content (AvgIpc) is 3.10. The van der Waals surface area contributed by atoms with Crippen molar-refractivity contribution >= 4 is 17.7 Å². The maximum absolute atomic E-state index is 11.8. The van der Waals surface area contributed by atoms with Crippen molar-refractivity contribution in [1.82, 2.24) is 16.3 Å². The van der Waals surface area contributed by atoms with Crippen LogP contribution in [0.15, 0.2) is 34.7 Å². The molecule has 0 aliphatic carbocycles. The number of ether oxygens (including phenoxy) is 2. The molecule has 0 aliphatic heterocycles. The number of benzene rings is 1. The van der Waals surface area contributed by atoms with Gasteiger partial charge in [-0.3, -0.25) is 5.43 Å². The molecule has 0 saturated heterocycles. The van der Waals surface area contributed by atoms with Crippen LogP contribution in [0.5, 0.6) is 5.75 Å². The van der Waals surface area contributed by atoms with Crippen LogP contribution < -0.4 is 26.4 Å². The first kappa shape index (κ1) is 20.1. The third-order valence-electron chi connectivity index (χ3n) is 3.39. The first-order valence-electron chi connectivity index (χ1n) is 8.38. The Kier molecular flexibility index (Phi) is 7.07. The van der Waals surface area contributed by atoms with E-state index in [0.717, 1.165) is 17.0 Å². The van der Waals surface area contributed by atoms with Crippen molar-refractivity contribution in [1.29, 1.82) is 0 Å². The topological polar surface area (TPSA) is 114 Å². The SMILES string of the molecule is COC(=O)c1ccc(CNC(=O)NNNc2ccc(OC(C)C)c(C)c2)o1. The first-order valence-corrected chi connectivity index (χ1v) is 8.38. The number of amides is 2. The van der Waals surface area contributed by atoms with Gasteiger partial charge >= 0.3 is 12.0 Å². The molecular formula is C18H24N4O5. The van der Waals surface area contributed by atoms with Crippen molar-refractivity contribution in [2.24, 2.45) is 0 Å². The molecule has 4 N–H and O–H groups in total. The number of hydrazine groups is 2. The van der Waals surface area contributed by atoms with Gasteiger partial charge in [0.2, 0.25) is 5.76 Å². The Morgan fingerprint density at radius 2 is 1.96 bits per heavy atom. The quantitative estimate of drug-likeness (QED) is 0.413. The Balaban J connectivity index is 1.73. The van der Waals surface area contributed by atoms with E-state index in [0.29, 0.717) is 5.76 Å². The zero-order chi connectivity index (χ0) is 19.8. The molecule has 0 saturated carbocycles. The van der Waals surface area contributed by atoms with Gasteiger partial charge in [0.05, 0.1) is 25.4 Å². The van der Waals surface area contributed by atoms with E-state index in [1.165, 1.54) is 13.2 Å². The van der Waals surface area contributed by atoms with Gasteiger partial charge in [0.15, 0.2) is 0 Å². The summed E-state index contributed by atoms with van der Waals surface area (Å²) < 4.78 is 15.5. The number of esters is 1. The molecule has 2 rings (SSSR count). The number of methoxy groups -OCH3 is 1. The van der Waals surface area contributed by atoms with Gasteiger partial charge in [-0.2, -0.15) is 0 Å². The summed E-state index contributed by atoms with van der Waals surface area (Å²) in [4.78, 5) is 23.1. The van der Waals surface area contributed by atoms with E-state index >= 15 is 0 Å². The molecule has 1 aromatic heterocycles. The summed E-state index contributed by atoms with van der Waals surface area (Å²) in [5.74, 6) is 0.743. The highest BCUT2D eigenvalue weighted by atomic mass is 16.5. The summed E-state index contributed by atoms with van der Waals surface area (Å²) in [5.41, 5.74) is 9.63. The van der Waals surface area contributed by atoms with Gasteiger partial charge in [-0.25, -0.2) is 9.59 Å². The van der Waals surface area contributed by atoms with Gasteiger partial charge in [0, 0.05) is 0 Å². The molecule has 0 radical (unpaired) electrons. The van der Waals surface area contributed by atoms with Crippen LogP contribution in [0, 0.1) is 6.92 Å². The molecule has 9 nitrogen and oxygen atoms in total. The number of nitrogens with one attached hydrogen (secondary N) is 4. The van der Waals surface area contributed by atoms with Crippen LogP contribution in [0.2, 0.25) is 0 Å². The molecule has 1 aromatic carbocycles. The zero-order valence-corrected chi connectivity index (χ0v) is 15.7. The van der Waals surface area contributed by atoms with E-state index in [4.69, 9.17) is 9.15 Å². The van der Waals surface area contributed by atoms with Gasteiger partial charge in [0.1, 0.15) is 11.5 Å². The van der Waals surface area contributed by atoms with Gasteiger partial charge in [-0.15, -0.1) is 5.53 Å². The summed E-state index contributed by atoms with van der Waals surface area (Å²) in [6.45, 7) is 5.99. The second-order valence-corrected chi connectivity index (χ2v) is 5.96. The number of hydrogen-bond acceptors (Lipinski definition) is 7. The number of furan rings is 1. The zero-order valence-electron chi connectivity index (χ0n) is 15.7. The molecule has 146 valence electrons. The third kappa shape index (κ3) is 6.23.